The molecule has 0 spiro atoms. The highest BCUT2D eigenvalue weighted by Crippen LogP contribution is 2.28. The van der Waals surface area contributed by atoms with E-state index in [2.05, 4.69) is 21.7 Å². The SMILES string of the molecule is C[C@@H]1CCCCN1CCCNC(=O)c1nc(-c2ccc(Cl)cc2)n2c1CCCCC2. The van der Waals surface area contributed by atoms with E-state index in [1.165, 1.54) is 32.2 Å². The van der Waals surface area contributed by atoms with Gasteiger partial charge in [0, 0.05) is 36.3 Å². The summed E-state index contributed by atoms with van der Waals surface area (Å²) in [6.07, 6.45) is 9.25. The highest BCUT2D eigenvalue weighted by atomic mass is 35.5. The van der Waals surface area contributed by atoms with Crippen LogP contribution in [0.5, 0.6) is 0 Å². The van der Waals surface area contributed by atoms with Crippen molar-refractivity contribution in [2.45, 2.75) is 70.9 Å². The zero-order chi connectivity index (χ0) is 20.9. The number of amides is 1. The van der Waals surface area contributed by atoms with Crippen LogP contribution in [0.4, 0.5) is 0 Å². The third-order valence-corrected chi connectivity index (χ3v) is 6.79. The molecule has 1 amide bonds. The maximum atomic E-state index is 13.0. The van der Waals surface area contributed by atoms with Crippen molar-refractivity contribution in [2.24, 2.45) is 0 Å². The lowest BCUT2D eigenvalue weighted by Crippen LogP contribution is -2.39. The molecule has 2 aliphatic rings. The molecule has 2 aliphatic heterocycles. The van der Waals surface area contributed by atoms with Gasteiger partial charge in [0.2, 0.25) is 0 Å². The molecule has 1 saturated heterocycles. The Morgan fingerprint density at radius 1 is 1.13 bits per heavy atom. The van der Waals surface area contributed by atoms with E-state index >= 15 is 0 Å². The van der Waals surface area contributed by atoms with Gasteiger partial charge in [-0.25, -0.2) is 4.98 Å². The van der Waals surface area contributed by atoms with Crippen LogP contribution >= 0.6 is 11.6 Å². The number of nitrogens with one attached hydrogen (secondary N) is 1. The number of carbonyl (C=O) groups excluding carboxylic acids is 1. The first-order valence-electron chi connectivity index (χ1n) is 11.5. The molecule has 30 heavy (non-hydrogen) atoms. The average molecular weight is 429 g/mol. The Morgan fingerprint density at radius 3 is 2.73 bits per heavy atom. The van der Waals surface area contributed by atoms with Crippen LogP contribution in [0.25, 0.3) is 11.4 Å². The van der Waals surface area contributed by atoms with Crippen LogP contribution < -0.4 is 5.32 Å². The van der Waals surface area contributed by atoms with Crippen LogP contribution in [-0.2, 0) is 13.0 Å². The minimum atomic E-state index is -0.0347. The summed E-state index contributed by atoms with van der Waals surface area (Å²) in [6.45, 7) is 6.17. The molecule has 162 valence electrons. The van der Waals surface area contributed by atoms with Crippen LogP contribution in [-0.4, -0.2) is 46.0 Å². The molecule has 0 aliphatic carbocycles. The van der Waals surface area contributed by atoms with Gasteiger partial charge in [0.05, 0.1) is 5.69 Å². The molecule has 0 unspecified atom stereocenters. The van der Waals surface area contributed by atoms with E-state index in [0.717, 1.165) is 55.9 Å². The molecule has 5 nitrogen and oxygen atoms in total. The largest absolute Gasteiger partial charge is 0.351 e. The summed E-state index contributed by atoms with van der Waals surface area (Å²) in [5.74, 6) is 0.850. The van der Waals surface area contributed by atoms with Gasteiger partial charge in [0.15, 0.2) is 0 Å². The van der Waals surface area contributed by atoms with Crippen molar-refractivity contribution in [1.82, 2.24) is 19.8 Å². The number of imidazole rings is 1. The first-order chi connectivity index (χ1) is 14.6. The lowest BCUT2D eigenvalue weighted by molar-refractivity contribution is 0.0943. The number of likely N-dealkylation sites (tertiary alicyclic amines) is 1. The van der Waals surface area contributed by atoms with Crippen LogP contribution in [0.15, 0.2) is 24.3 Å². The molecule has 2 aromatic rings. The minimum Gasteiger partial charge on any atom is -0.351 e. The van der Waals surface area contributed by atoms with Gasteiger partial charge in [0.1, 0.15) is 11.5 Å². The van der Waals surface area contributed by atoms with E-state index in [-0.39, 0.29) is 5.91 Å². The van der Waals surface area contributed by atoms with E-state index < -0.39 is 0 Å². The van der Waals surface area contributed by atoms with Gasteiger partial charge in [-0.2, -0.15) is 0 Å². The van der Waals surface area contributed by atoms with Gasteiger partial charge < -0.3 is 14.8 Å². The van der Waals surface area contributed by atoms with E-state index in [0.29, 0.717) is 23.3 Å². The van der Waals surface area contributed by atoms with Crippen molar-refractivity contribution in [3.8, 4) is 11.4 Å². The molecule has 0 bridgehead atoms. The number of carbonyl (C=O) groups is 1. The lowest BCUT2D eigenvalue weighted by Gasteiger charge is -2.33. The van der Waals surface area contributed by atoms with Crippen LogP contribution in [0.1, 0.15) is 68.1 Å². The van der Waals surface area contributed by atoms with Crippen LogP contribution in [0.2, 0.25) is 5.02 Å². The van der Waals surface area contributed by atoms with Crippen molar-refractivity contribution in [3.05, 3.63) is 40.7 Å². The fourth-order valence-electron chi connectivity index (χ4n) is 4.78. The van der Waals surface area contributed by atoms with Crippen molar-refractivity contribution < 1.29 is 4.79 Å². The zero-order valence-electron chi connectivity index (χ0n) is 18.0. The molecule has 1 fully saturated rings. The third-order valence-electron chi connectivity index (χ3n) is 6.53. The van der Waals surface area contributed by atoms with E-state index in [4.69, 9.17) is 16.6 Å². The zero-order valence-corrected chi connectivity index (χ0v) is 18.8. The Hall–Kier alpha value is -1.85. The third kappa shape index (κ3) is 4.89. The van der Waals surface area contributed by atoms with Crippen molar-refractivity contribution in [2.75, 3.05) is 19.6 Å². The van der Waals surface area contributed by atoms with Crippen LogP contribution in [0.3, 0.4) is 0 Å². The normalized spacial score (nSPS) is 19.9. The predicted octanol–water partition coefficient (Wildman–Crippen LogP) is 4.92. The summed E-state index contributed by atoms with van der Waals surface area (Å²) in [7, 11) is 0. The highest BCUT2D eigenvalue weighted by Gasteiger charge is 2.24. The molecule has 1 N–H and O–H groups in total. The van der Waals surface area contributed by atoms with E-state index in [9.17, 15) is 4.79 Å². The molecule has 1 aromatic carbocycles. The lowest BCUT2D eigenvalue weighted by atomic mass is 10.0. The maximum Gasteiger partial charge on any atom is 0.271 e. The van der Waals surface area contributed by atoms with Crippen molar-refractivity contribution >= 4 is 17.5 Å². The Kier molecular flexibility index (Phi) is 7.11. The smallest absolute Gasteiger partial charge is 0.271 e. The van der Waals surface area contributed by atoms with E-state index in [1.54, 1.807) is 0 Å². The van der Waals surface area contributed by atoms with Gasteiger partial charge in [0.25, 0.3) is 5.91 Å². The molecule has 0 radical (unpaired) electrons. The Balaban J connectivity index is 1.44. The number of fused-ring (bicyclic) bond motifs is 1. The summed E-state index contributed by atoms with van der Waals surface area (Å²) in [5, 5.41) is 3.85. The second-order valence-electron chi connectivity index (χ2n) is 8.69. The first kappa shape index (κ1) is 21.4. The maximum absolute atomic E-state index is 13.0. The standard InChI is InChI=1S/C24H33ClN4O/c1-18-8-4-6-15-28(18)16-7-14-26-24(30)22-21-9-3-2-5-17-29(21)23(27-22)19-10-12-20(25)13-11-19/h10-13,18H,2-9,14-17H2,1H3,(H,26,30)/t18-/m1/s1. The molecule has 0 saturated carbocycles. The second kappa shape index (κ2) is 9.97. The number of piperidine rings is 1. The number of aromatic nitrogens is 2. The summed E-state index contributed by atoms with van der Waals surface area (Å²) >= 11 is 6.07. The number of hydrogen-bond acceptors (Lipinski definition) is 3. The number of benzene rings is 1. The molecular formula is C24H33ClN4O. The molecule has 1 aromatic heterocycles. The van der Waals surface area contributed by atoms with Gasteiger partial charge in [-0.15, -0.1) is 0 Å². The predicted molar refractivity (Wildman–Crippen MR) is 122 cm³/mol. The van der Waals surface area contributed by atoms with Crippen LogP contribution in [0, 0.1) is 0 Å². The van der Waals surface area contributed by atoms with E-state index in [1.807, 2.05) is 24.3 Å². The fraction of sp³-hybridized carbons (Fsp3) is 0.583. The molecule has 3 heterocycles. The monoisotopic (exact) mass is 428 g/mol. The Morgan fingerprint density at radius 2 is 1.93 bits per heavy atom. The fourth-order valence-corrected chi connectivity index (χ4v) is 4.90. The minimum absolute atomic E-state index is 0.0347. The van der Waals surface area contributed by atoms with Crippen molar-refractivity contribution in [3.63, 3.8) is 0 Å². The quantitative estimate of drug-likeness (QED) is 0.664. The van der Waals surface area contributed by atoms with Gasteiger partial charge in [-0.05, 0) is 76.3 Å². The molecule has 4 rings (SSSR count). The Bertz CT molecular complexity index is 861. The number of halogens is 1. The van der Waals surface area contributed by atoms with Crippen molar-refractivity contribution in [1.29, 1.82) is 0 Å². The highest BCUT2D eigenvalue weighted by molar-refractivity contribution is 6.30. The summed E-state index contributed by atoms with van der Waals surface area (Å²) in [5.41, 5.74) is 2.70. The first-order valence-corrected chi connectivity index (χ1v) is 11.9. The molecule has 1 atom stereocenters. The Labute approximate surface area is 184 Å². The molecular weight excluding hydrogens is 396 g/mol. The summed E-state index contributed by atoms with van der Waals surface area (Å²) < 4.78 is 2.25. The number of nitrogens with zero attached hydrogens (tertiary/aromatic N) is 3. The number of rotatable bonds is 6. The molecule has 6 heteroatoms. The van der Waals surface area contributed by atoms with Gasteiger partial charge in [-0.1, -0.05) is 24.4 Å². The average Bonchev–Trinajstić information content (AvgIpc) is 2.94. The summed E-state index contributed by atoms with van der Waals surface area (Å²) in [4.78, 5) is 20.4. The second-order valence-corrected chi connectivity index (χ2v) is 9.13. The topological polar surface area (TPSA) is 50.2 Å². The van der Waals surface area contributed by atoms with Gasteiger partial charge >= 0.3 is 0 Å². The number of hydrogen-bond donors (Lipinski definition) is 1. The summed E-state index contributed by atoms with van der Waals surface area (Å²) in [6, 6.07) is 8.42. The van der Waals surface area contributed by atoms with Gasteiger partial charge in [-0.3, -0.25) is 4.79 Å².